The van der Waals surface area contributed by atoms with Crippen LogP contribution in [0.25, 0.3) is 6.08 Å². The van der Waals surface area contributed by atoms with Crippen molar-refractivity contribution < 1.29 is 9.90 Å². The smallest absolute Gasteiger partial charge is 0.142 e. The second-order valence-electron chi connectivity index (χ2n) is 2.54. The number of aromatic hydroxyl groups is 1. The van der Waals surface area contributed by atoms with E-state index in [9.17, 15) is 9.90 Å². The summed E-state index contributed by atoms with van der Waals surface area (Å²) in [4.78, 5) is 9.98. The van der Waals surface area contributed by atoms with E-state index in [1.165, 1.54) is 6.08 Å². The Balaban J connectivity index is 2.96. The molecule has 0 aliphatic carbocycles. The van der Waals surface area contributed by atoms with Crippen LogP contribution in [0.4, 0.5) is 0 Å². The minimum absolute atomic E-state index is 0.253. The molecule has 0 aliphatic rings. The first-order valence-electron chi connectivity index (χ1n) is 3.65. The fraction of sp³-hybridized carbons (Fsp3) is 0.100. The maximum Gasteiger partial charge on any atom is 0.142 e. The van der Waals surface area contributed by atoms with Crippen LogP contribution in [0, 0.1) is 6.92 Å². The lowest BCUT2D eigenvalue weighted by molar-refractivity contribution is -0.104. The third-order valence-electron chi connectivity index (χ3n) is 1.60. The number of aryl methyl sites for hydroxylation is 1. The van der Waals surface area contributed by atoms with E-state index in [0.717, 1.165) is 11.1 Å². The van der Waals surface area contributed by atoms with Gasteiger partial charge in [0.2, 0.25) is 0 Å². The molecule has 0 saturated heterocycles. The minimum atomic E-state index is 0.253. The van der Waals surface area contributed by atoms with E-state index in [4.69, 9.17) is 0 Å². The predicted molar refractivity (Wildman–Crippen MR) is 47.9 cm³/mol. The molecule has 0 radical (unpaired) electrons. The number of carbonyl (C=O) groups excluding carboxylic acids is 1. The van der Waals surface area contributed by atoms with Crippen LogP contribution >= 0.6 is 0 Å². The van der Waals surface area contributed by atoms with Crippen molar-refractivity contribution in [2.45, 2.75) is 6.92 Å². The zero-order chi connectivity index (χ0) is 8.97. The SMILES string of the molecule is Cc1ccc(C=CC=O)cc1O. The average molecular weight is 162 g/mol. The molecule has 0 atom stereocenters. The lowest BCUT2D eigenvalue weighted by Crippen LogP contribution is -1.76. The number of hydrogen-bond acceptors (Lipinski definition) is 2. The number of rotatable bonds is 2. The Kier molecular flexibility index (Phi) is 2.64. The molecule has 12 heavy (non-hydrogen) atoms. The second-order valence-corrected chi connectivity index (χ2v) is 2.54. The molecule has 62 valence electrons. The van der Waals surface area contributed by atoms with Gasteiger partial charge < -0.3 is 5.11 Å². The van der Waals surface area contributed by atoms with Crippen LogP contribution in [0.5, 0.6) is 5.75 Å². The van der Waals surface area contributed by atoms with Crippen molar-refractivity contribution in [1.29, 1.82) is 0 Å². The molecule has 1 rings (SSSR count). The summed E-state index contributed by atoms with van der Waals surface area (Å²) in [7, 11) is 0. The first-order chi connectivity index (χ1) is 5.74. The summed E-state index contributed by atoms with van der Waals surface area (Å²) in [5, 5.41) is 9.28. The monoisotopic (exact) mass is 162 g/mol. The summed E-state index contributed by atoms with van der Waals surface area (Å²) in [6.07, 6.45) is 3.74. The van der Waals surface area contributed by atoms with Crippen LogP contribution in [0.1, 0.15) is 11.1 Å². The highest BCUT2D eigenvalue weighted by molar-refractivity contribution is 5.74. The highest BCUT2D eigenvalue weighted by Gasteiger charge is 1.94. The van der Waals surface area contributed by atoms with Gasteiger partial charge in [-0.3, -0.25) is 4.79 Å². The molecular weight excluding hydrogens is 152 g/mol. The Bertz CT molecular complexity index is 314. The molecule has 0 saturated carbocycles. The molecule has 0 aromatic heterocycles. The van der Waals surface area contributed by atoms with Crippen molar-refractivity contribution in [3.05, 3.63) is 35.4 Å². The molecule has 1 aromatic carbocycles. The quantitative estimate of drug-likeness (QED) is 0.532. The average Bonchev–Trinajstić information content (AvgIpc) is 2.07. The Hall–Kier alpha value is -1.57. The van der Waals surface area contributed by atoms with Gasteiger partial charge in [0.25, 0.3) is 0 Å². The molecule has 1 N–H and O–H groups in total. The molecule has 0 heterocycles. The molecule has 0 unspecified atom stereocenters. The molecule has 0 aliphatic heterocycles. The van der Waals surface area contributed by atoms with Crippen molar-refractivity contribution >= 4 is 12.4 Å². The van der Waals surface area contributed by atoms with Gasteiger partial charge in [0.1, 0.15) is 12.0 Å². The van der Waals surface area contributed by atoms with Gasteiger partial charge in [0, 0.05) is 0 Å². The first-order valence-corrected chi connectivity index (χ1v) is 3.65. The third-order valence-corrected chi connectivity index (χ3v) is 1.60. The highest BCUT2D eigenvalue weighted by atomic mass is 16.3. The van der Waals surface area contributed by atoms with E-state index in [-0.39, 0.29) is 5.75 Å². The van der Waals surface area contributed by atoms with E-state index >= 15 is 0 Å². The zero-order valence-corrected chi connectivity index (χ0v) is 6.82. The largest absolute Gasteiger partial charge is 0.508 e. The van der Waals surface area contributed by atoms with Crippen LogP contribution in [0.15, 0.2) is 24.3 Å². The number of aldehydes is 1. The summed E-state index contributed by atoms with van der Waals surface area (Å²) >= 11 is 0. The molecule has 2 heteroatoms. The Labute approximate surface area is 71.2 Å². The number of carbonyl (C=O) groups is 1. The molecule has 0 spiro atoms. The van der Waals surface area contributed by atoms with Gasteiger partial charge in [-0.05, 0) is 30.2 Å². The fourth-order valence-corrected chi connectivity index (χ4v) is 0.880. The lowest BCUT2D eigenvalue weighted by atomic mass is 10.1. The molecule has 2 nitrogen and oxygen atoms in total. The van der Waals surface area contributed by atoms with Crippen molar-refractivity contribution in [3.8, 4) is 5.75 Å². The maximum atomic E-state index is 9.98. The van der Waals surface area contributed by atoms with Crippen LogP contribution in [0.2, 0.25) is 0 Å². The molecule has 0 bridgehead atoms. The number of allylic oxidation sites excluding steroid dienone is 1. The first kappa shape index (κ1) is 8.53. The maximum absolute atomic E-state index is 9.98. The number of phenolic OH excluding ortho intramolecular Hbond substituents is 1. The molecule has 0 amide bonds. The molecule has 1 aromatic rings. The highest BCUT2D eigenvalue weighted by Crippen LogP contribution is 2.17. The normalized spacial score (nSPS) is 10.4. The van der Waals surface area contributed by atoms with E-state index < -0.39 is 0 Å². The van der Waals surface area contributed by atoms with Crippen molar-refractivity contribution in [1.82, 2.24) is 0 Å². The number of hydrogen-bond donors (Lipinski definition) is 1. The fourth-order valence-electron chi connectivity index (χ4n) is 0.880. The predicted octanol–water partition coefficient (Wildman–Crippen LogP) is 1.91. The van der Waals surface area contributed by atoms with E-state index in [0.29, 0.717) is 6.29 Å². The minimum Gasteiger partial charge on any atom is -0.508 e. The van der Waals surface area contributed by atoms with Gasteiger partial charge in [-0.25, -0.2) is 0 Å². The van der Waals surface area contributed by atoms with Gasteiger partial charge in [0.05, 0.1) is 0 Å². The van der Waals surface area contributed by atoms with Crippen molar-refractivity contribution in [3.63, 3.8) is 0 Å². The van der Waals surface area contributed by atoms with E-state index in [1.807, 2.05) is 13.0 Å². The lowest BCUT2D eigenvalue weighted by Gasteiger charge is -1.98. The number of benzene rings is 1. The summed E-state index contributed by atoms with van der Waals surface area (Å²) in [6.45, 7) is 1.82. The summed E-state index contributed by atoms with van der Waals surface area (Å²) < 4.78 is 0. The van der Waals surface area contributed by atoms with Crippen molar-refractivity contribution in [2.24, 2.45) is 0 Å². The second kappa shape index (κ2) is 3.72. The Morgan fingerprint density at radius 1 is 1.42 bits per heavy atom. The summed E-state index contributed by atoms with van der Waals surface area (Å²) in [5.74, 6) is 0.253. The molecular formula is C10H10O2. The van der Waals surface area contributed by atoms with Crippen LogP contribution in [-0.4, -0.2) is 11.4 Å². The van der Waals surface area contributed by atoms with Gasteiger partial charge in [0.15, 0.2) is 0 Å². The molecule has 0 fully saturated rings. The van der Waals surface area contributed by atoms with E-state index in [2.05, 4.69) is 0 Å². The van der Waals surface area contributed by atoms with Crippen LogP contribution in [0.3, 0.4) is 0 Å². The summed E-state index contributed by atoms with van der Waals surface area (Å²) in [5.41, 5.74) is 1.66. The van der Waals surface area contributed by atoms with Gasteiger partial charge in [-0.15, -0.1) is 0 Å². The van der Waals surface area contributed by atoms with Gasteiger partial charge >= 0.3 is 0 Å². The topological polar surface area (TPSA) is 37.3 Å². The van der Waals surface area contributed by atoms with Crippen LogP contribution < -0.4 is 0 Å². The van der Waals surface area contributed by atoms with Crippen molar-refractivity contribution in [2.75, 3.05) is 0 Å². The van der Waals surface area contributed by atoms with Gasteiger partial charge in [-0.1, -0.05) is 18.2 Å². The standard InChI is InChI=1S/C10H10O2/c1-8-4-5-9(3-2-6-11)7-10(8)12/h2-7,12H,1H3. The van der Waals surface area contributed by atoms with E-state index in [1.54, 1.807) is 18.2 Å². The zero-order valence-electron chi connectivity index (χ0n) is 6.82. The third kappa shape index (κ3) is 1.95. The Morgan fingerprint density at radius 2 is 2.17 bits per heavy atom. The number of phenols is 1. The summed E-state index contributed by atoms with van der Waals surface area (Å²) in [6, 6.07) is 5.27. The van der Waals surface area contributed by atoms with Gasteiger partial charge in [-0.2, -0.15) is 0 Å². The Morgan fingerprint density at radius 3 is 2.75 bits per heavy atom. The van der Waals surface area contributed by atoms with Crippen LogP contribution in [-0.2, 0) is 4.79 Å².